The Bertz CT molecular complexity index is 1440. The van der Waals surface area contributed by atoms with Crippen molar-refractivity contribution in [3.8, 4) is 11.4 Å². The van der Waals surface area contributed by atoms with Gasteiger partial charge in [0.25, 0.3) is 0 Å². The Morgan fingerprint density at radius 1 is 1.05 bits per heavy atom. The highest BCUT2D eigenvalue weighted by molar-refractivity contribution is 6.31. The fourth-order valence-electron chi connectivity index (χ4n) is 4.76. The van der Waals surface area contributed by atoms with Gasteiger partial charge < -0.3 is 20.7 Å². The third-order valence-corrected chi connectivity index (χ3v) is 7.01. The number of carbonyl (C=O) groups is 1. The van der Waals surface area contributed by atoms with E-state index < -0.39 is 5.60 Å². The minimum atomic E-state index is -0.500. The molecule has 0 atom stereocenters. The average Bonchev–Trinajstić information content (AvgIpc) is 3.34. The predicted molar refractivity (Wildman–Crippen MR) is 154 cm³/mol. The molecule has 1 saturated carbocycles. The van der Waals surface area contributed by atoms with Crippen LogP contribution in [0.15, 0.2) is 61.1 Å². The van der Waals surface area contributed by atoms with Crippen LogP contribution >= 0.6 is 11.6 Å². The van der Waals surface area contributed by atoms with Gasteiger partial charge in [0.15, 0.2) is 11.5 Å². The number of alkyl carbamates (subject to hydrolysis) is 1. The van der Waals surface area contributed by atoms with Crippen molar-refractivity contribution < 1.29 is 9.53 Å². The van der Waals surface area contributed by atoms with E-state index in [1.807, 2.05) is 80.0 Å². The topological polar surface area (TPSA) is 105 Å². The van der Waals surface area contributed by atoms with Gasteiger partial charge in [0.1, 0.15) is 11.4 Å². The molecule has 0 aliphatic heterocycles. The second-order valence-electron chi connectivity index (χ2n) is 10.8. The lowest BCUT2D eigenvalue weighted by Gasteiger charge is -2.30. The van der Waals surface area contributed by atoms with Crippen LogP contribution in [0.25, 0.3) is 17.0 Å². The number of halogens is 1. The lowest BCUT2D eigenvalue weighted by atomic mass is 9.91. The van der Waals surface area contributed by atoms with Gasteiger partial charge in [-0.05, 0) is 70.2 Å². The van der Waals surface area contributed by atoms with Crippen molar-refractivity contribution in [3.63, 3.8) is 0 Å². The second kappa shape index (κ2) is 11.5. The summed E-state index contributed by atoms with van der Waals surface area (Å²) in [6, 6.07) is 14.0. The first kappa shape index (κ1) is 26.7. The number of benzene rings is 1. The molecule has 9 nitrogen and oxygen atoms in total. The van der Waals surface area contributed by atoms with E-state index in [2.05, 4.69) is 25.9 Å². The molecule has 3 N–H and O–H groups in total. The van der Waals surface area contributed by atoms with Crippen LogP contribution in [0.3, 0.4) is 0 Å². The Morgan fingerprint density at radius 3 is 2.59 bits per heavy atom. The molecule has 1 aliphatic rings. The van der Waals surface area contributed by atoms with Crippen molar-refractivity contribution in [2.45, 2.75) is 70.7 Å². The number of ether oxygens (including phenoxy) is 1. The van der Waals surface area contributed by atoms with Gasteiger partial charge in [0.05, 0.1) is 17.6 Å². The van der Waals surface area contributed by atoms with Gasteiger partial charge in [-0.25, -0.2) is 19.7 Å². The molecule has 3 heterocycles. The summed E-state index contributed by atoms with van der Waals surface area (Å²) in [4.78, 5) is 26.2. The van der Waals surface area contributed by atoms with E-state index in [9.17, 15) is 4.79 Å². The molecule has 0 saturated heterocycles. The van der Waals surface area contributed by atoms with Gasteiger partial charge in [-0.1, -0.05) is 35.9 Å². The molecule has 1 aliphatic carbocycles. The fraction of sp³-hybridized carbons (Fsp3) is 0.379. The first-order chi connectivity index (χ1) is 18.7. The number of carbonyl (C=O) groups excluding carboxylic acids is 1. The first-order valence-corrected chi connectivity index (χ1v) is 13.7. The van der Waals surface area contributed by atoms with E-state index in [1.54, 1.807) is 6.20 Å². The van der Waals surface area contributed by atoms with E-state index in [1.165, 1.54) is 0 Å². The van der Waals surface area contributed by atoms with Crippen molar-refractivity contribution in [2.75, 3.05) is 10.6 Å². The monoisotopic (exact) mass is 547 g/mol. The second-order valence-corrected chi connectivity index (χ2v) is 11.2. The molecule has 204 valence electrons. The van der Waals surface area contributed by atoms with Crippen molar-refractivity contribution in [1.82, 2.24) is 24.7 Å². The molecule has 5 rings (SSSR count). The van der Waals surface area contributed by atoms with E-state index >= 15 is 0 Å². The molecule has 0 bridgehead atoms. The normalized spacial score (nSPS) is 17.5. The number of rotatable bonds is 7. The number of hydrogen-bond donors (Lipinski definition) is 3. The molecule has 1 aromatic carbocycles. The maximum absolute atomic E-state index is 12.1. The van der Waals surface area contributed by atoms with Gasteiger partial charge in [-0.15, -0.1) is 0 Å². The van der Waals surface area contributed by atoms with Crippen molar-refractivity contribution in [3.05, 3.63) is 71.6 Å². The highest BCUT2D eigenvalue weighted by atomic mass is 35.5. The smallest absolute Gasteiger partial charge is 0.407 e. The molecule has 1 amide bonds. The summed E-state index contributed by atoms with van der Waals surface area (Å²) in [5, 5.41) is 10.7. The van der Waals surface area contributed by atoms with Crippen LogP contribution in [-0.4, -0.2) is 43.1 Å². The summed E-state index contributed by atoms with van der Waals surface area (Å²) in [6.07, 6.45) is 8.71. The molecule has 0 unspecified atom stereocenters. The first-order valence-electron chi connectivity index (χ1n) is 13.3. The van der Waals surface area contributed by atoms with Gasteiger partial charge >= 0.3 is 6.09 Å². The Hall–Kier alpha value is -3.85. The van der Waals surface area contributed by atoms with Gasteiger partial charge in [-0.2, -0.15) is 0 Å². The SMILES string of the molecule is CC(C)(C)OC(=O)N[C@H]1CC[C@H](Nc2nccn3c(-c4cccc(NCc5ccccc5Cl)n4)cnc23)CC1. The molecular weight excluding hydrogens is 514 g/mol. The highest BCUT2D eigenvalue weighted by Gasteiger charge is 2.25. The van der Waals surface area contributed by atoms with Crippen LogP contribution in [0.1, 0.15) is 52.0 Å². The third-order valence-electron chi connectivity index (χ3n) is 6.65. The summed E-state index contributed by atoms with van der Waals surface area (Å²) in [7, 11) is 0. The largest absolute Gasteiger partial charge is 0.444 e. The molecular formula is C29H34ClN7O2. The Labute approximate surface area is 233 Å². The number of imidazole rings is 1. The third kappa shape index (κ3) is 6.78. The number of aromatic nitrogens is 4. The minimum absolute atomic E-state index is 0.115. The number of nitrogens with zero attached hydrogens (tertiary/aromatic N) is 4. The summed E-state index contributed by atoms with van der Waals surface area (Å²) in [5.41, 5.74) is 2.94. The van der Waals surface area contributed by atoms with Crippen molar-refractivity contribution >= 4 is 35.0 Å². The zero-order valence-corrected chi connectivity index (χ0v) is 23.2. The summed E-state index contributed by atoms with van der Waals surface area (Å²) >= 11 is 6.30. The number of anilines is 2. The van der Waals surface area contributed by atoms with Crippen molar-refractivity contribution in [2.24, 2.45) is 0 Å². The maximum Gasteiger partial charge on any atom is 0.407 e. The minimum Gasteiger partial charge on any atom is -0.444 e. The number of amides is 1. The molecule has 0 radical (unpaired) electrons. The molecule has 0 spiro atoms. The van der Waals surface area contributed by atoms with E-state index in [-0.39, 0.29) is 18.2 Å². The lowest BCUT2D eigenvalue weighted by molar-refractivity contribution is 0.0492. The summed E-state index contributed by atoms with van der Waals surface area (Å²) < 4.78 is 7.40. The Kier molecular flexibility index (Phi) is 7.88. The molecule has 4 aromatic rings. The van der Waals surface area contributed by atoms with Crippen LogP contribution in [0.4, 0.5) is 16.4 Å². The number of hydrogen-bond acceptors (Lipinski definition) is 7. The Morgan fingerprint density at radius 2 is 1.82 bits per heavy atom. The standard InChI is InChI=1S/C29H34ClN7O2/c1-29(2,3)39-28(38)35-21-13-11-20(12-14-21)34-26-27-33-18-24(37(27)16-15-31-26)23-9-6-10-25(36-23)32-17-19-7-4-5-8-22(19)30/h4-10,15-16,18,20-21H,11-14,17H2,1-3H3,(H,31,34)(H,32,36)(H,35,38)/t20-,21-. The van der Waals surface area contributed by atoms with Crippen molar-refractivity contribution in [1.29, 1.82) is 0 Å². The zero-order valence-electron chi connectivity index (χ0n) is 22.4. The van der Waals surface area contributed by atoms with Crippen LogP contribution in [0.5, 0.6) is 0 Å². The fourth-order valence-corrected chi connectivity index (χ4v) is 4.97. The zero-order chi connectivity index (χ0) is 27.4. The van der Waals surface area contributed by atoms with Crippen LogP contribution < -0.4 is 16.0 Å². The molecule has 3 aromatic heterocycles. The van der Waals surface area contributed by atoms with Gasteiger partial charge in [-0.3, -0.25) is 4.40 Å². The highest BCUT2D eigenvalue weighted by Crippen LogP contribution is 2.27. The number of pyridine rings is 1. The Balaban J connectivity index is 1.23. The lowest BCUT2D eigenvalue weighted by Crippen LogP contribution is -2.42. The maximum atomic E-state index is 12.1. The van der Waals surface area contributed by atoms with E-state index in [0.717, 1.165) is 64.9 Å². The molecule has 1 fully saturated rings. The summed E-state index contributed by atoms with van der Waals surface area (Å²) in [6.45, 7) is 6.19. The predicted octanol–water partition coefficient (Wildman–Crippen LogP) is 6.30. The number of nitrogens with one attached hydrogen (secondary N) is 3. The molecule has 39 heavy (non-hydrogen) atoms. The van der Waals surface area contributed by atoms with E-state index in [4.69, 9.17) is 21.3 Å². The quantitative estimate of drug-likeness (QED) is 0.249. The van der Waals surface area contributed by atoms with Crippen LogP contribution in [0, 0.1) is 0 Å². The van der Waals surface area contributed by atoms with Gasteiger partial charge in [0, 0.05) is 36.0 Å². The average molecular weight is 548 g/mol. The summed E-state index contributed by atoms with van der Waals surface area (Å²) in [5.74, 6) is 1.49. The van der Waals surface area contributed by atoms with Crippen LogP contribution in [-0.2, 0) is 11.3 Å². The van der Waals surface area contributed by atoms with Crippen LogP contribution in [0.2, 0.25) is 5.02 Å². The van der Waals surface area contributed by atoms with E-state index in [0.29, 0.717) is 6.54 Å². The number of fused-ring (bicyclic) bond motifs is 1. The molecule has 10 heteroatoms. The van der Waals surface area contributed by atoms with Gasteiger partial charge in [0.2, 0.25) is 0 Å².